The van der Waals surface area contributed by atoms with Crippen LogP contribution in [0.5, 0.6) is 11.5 Å². The SMILES string of the molecule is C=CCNCc1cccc(OC)c1OCc1ccccc1Cl.Cl. The Morgan fingerprint density at radius 2 is 1.87 bits per heavy atom. The van der Waals surface area contributed by atoms with Crippen molar-refractivity contribution in [1.29, 1.82) is 0 Å². The summed E-state index contributed by atoms with van der Waals surface area (Å²) >= 11 is 6.17. The first kappa shape index (κ1) is 19.4. The van der Waals surface area contributed by atoms with Gasteiger partial charge in [-0.05, 0) is 12.1 Å². The van der Waals surface area contributed by atoms with Gasteiger partial charge in [-0.15, -0.1) is 19.0 Å². The van der Waals surface area contributed by atoms with Gasteiger partial charge in [-0.2, -0.15) is 0 Å². The third kappa shape index (κ3) is 5.47. The van der Waals surface area contributed by atoms with Gasteiger partial charge < -0.3 is 14.8 Å². The van der Waals surface area contributed by atoms with Gasteiger partial charge in [0.2, 0.25) is 0 Å². The molecule has 124 valence electrons. The summed E-state index contributed by atoms with van der Waals surface area (Å²) in [5.74, 6) is 1.45. The van der Waals surface area contributed by atoms with Crippen LogP contribution in [0, 0.1) is 0 Å². The molecule has 23 heavy (non-hydrogen) atoms. The van der Waals surface area contributed by atoms with Crippen molar-refractivity contribution < 1.29 is 9.47 Å². The monoisotopic (exact) mass is 353 g/mol. The zero-order chi connectivity index (χ0) is 15.8. The molecule has 0 atom stereocenters. The fourth-order valence-corrected chi connectivity index (χ4v) is 2.29. The molecule has 2 aromatic rings. The molecular formula is C18H21Cl2NO2. The quantitative estimate of drug-likeness (QED) is 0.554. The van der Waals surface area contributed by atoms with E-state index in [2.05, 4.69) is 11.9 Å². The maximum absolute atomic E-state index is 6.17. The summed E-state index contributed by atoms with van der Waals surface area (Å²) in [5, 5.41) is 3.97. The minimum Gasteiger partial charge on any atom is -0.493 e. The van der Waals surface area contributed by atoms with E-state index < -0.39 is 0 Å². The molecule has 0 aliphatic heterocycles. The van der Waals surface area contributed by atoms with Crippen molar-refractivity contribution >= 4 is 24.0 Å². The number of halogens is 2. The molecule has 0 saturated carbocycles. The lowest BCUT2D eigenvalue weighted by molar-refractivity contribution is 0.281. The molecule has 0 aromatic heterocycles. The highest BCUT2D eigenvalue weighted by Gasteiger charge is 2.11. The van der Waals surface area contributed by atoms with Gasteiger partial charge in [0.1, 0.15) is 6.61 Å². The summed E-state index contributed by atoms with van der Waals surface area (Å²) in [6.07, 6.45) is 1.82. The van der Waals surface area contributed by atoms with Crippen LogP contribution in [0.1, 0.15) is 11.1 Å². The van der Waals surface area contributed by atoms with Crippen molar-refractivity contribution in [3.8, 4) is 11.5 Å². The first-order chi connectivity index (χ1) is 10.8. The predicted molar refractivity (Wildman–Crippen MR) is 97.9 cm³/mol. The van der Waals surface area contributed by atoms with E-state index in [9.17, 15) is 0 Å². The van der Waals surface area contributed by atoms with Crippen LogP contribution in [0.2, 0.25) is 5.02 Å². The Kier molecular flexibility index (Phi) is 8.56. The highest BCUT2D eigenvalue weighted by atomic mass is 35.5. The van der Waals surface area contributed by atoms with Crippen LogP contribution in [0.3, 0.4) is 0 Å². The molecule has 5 heteroatoms. The highest BCUT2D eigenvalue weighted by molar-refractivity contribution is 6.31. The number of para-hydroxylation sites is 1. The van der Waals surface area contributed by atoms with Crippen molar-refractivity contribution in [3.63, 3.8) is 0 Å². The van der Waals surface area contributed by atoms with Gasteiger partial charge in [0.05, 0.1) is 7.11 Å². The smallest absolute Gasteiger partial charge is 0.166 e. The zero-order valence-corrected chi connectivity index (χ0v) is 14.6. The number of nitrogens with one attached hydrogen (secondary N) is 1. The zero-order valence-electron chi connectivity index (χ0n) is 13.0. The molecule has 0 unspecified atom stereocenters. The van der Waals surface area contributed by atoms with Crippen molar-refractivity contribution in [3.05, 3.63) is 71.3 Å². The molecule has 0 bridgehead atoms. The molecule has 0 aliphatic rings. The molecule has 0 aliphatic carbocycles. The fourth-order valence-electron chi connectivity index (χ4n) is 2.10. The highest BCUT2D eigenvalue weighted by Crippen LogP contribution is 2.32. The second-order valence-corrected chi connectivity index (χ2v) is 5.16. The molecular weight excluding hydrogens is 333 g/mol. The molecule has 0 fully saturated rings. The molecule has 0 spiro atoms. The number of hydrogen-bond donors (Lipinski definition) is 1. The topological polar surface area (TPSA) is 30.5 Å². The maximum atomic E-state index is 6.17. The third-order valence-corrected chi connectivity index (χ3v) is 3.58. The third-order valence-electron chi connectivity index (χ3n) is 3.21. The maximum Gasteiger partial charge on any atom is 0.166 e. The molecule has 3 nitrogen and oxygen atoms in total. The van der Waals surface area contributed by atoms with E-state index >= 15 is 0 Å². The Hall–Kier alpha value is -1.68. The summed E-state index contributed by atoms with van der Waals surface area (Å²) in [4.78, 5) is 0. The Labute approximate surface area is 148 Å². The Balaban J connectivity index is 0.00000264. The summed E-state index contributed by atoms with van der Waals surface area (Å²) in [7, 11) is 1.64. The standard InChI is InChI=1S/C18H20ClNO2.ClH/c1-3-11-20-12-14-8-6-10-17(21-2)18(14)22-13-15-7-4-5-9-16(15)19;/h3-10,20H,1,11-13H2,2H3;1H. The van der Waals surface area contributed by atoms with Crippen LogP contribution in [0.25, 0.3) is 0 Å². The fraction of sp³-hybridized carbons (Fsp3) is 0.222. The summed E-state index contributed by atoms with van der Waals surface area (Å²) < 4.78 is 11.4. The van der Waals surface area contributed by atoms with Crippen molar-refractivity contribution in [1.82, 2.24) is 5.32 Å². The van der Waals surface area contributed by atoms with Crippen molar-refractivity contribution in [2.45, 2.75) is 13.2 Å². The molecule has 2 aromatic carbocycles. The van der Waals surface area contributed by atoms with Crippen LogP contribution in [-0.4, -0.2) is 13.7 Å². The average molecular weight is 354 g/mol. The lowest BCUT2D eigenvalue weighted by Gasteiger charge is -2.16. The summed E-state index contributed by atoms with van der Waals surface area (Å²) in [6, 6.07) is 13.5. The Morgan fingerprint density at radius 1 is 1.13 bits per heavy atom. The van der Waals surface area contributed by atoms with Gasteiger partial charge in [-0.1, -0.05) is 48.0 Å². The first-order valence-electron chi connectivity index (χ1n) is 7.10. The number of benzene rings is 2. The summed E-state index contributed by atoms with van der Waals surface area (Å²) in [6.45, 7) is 5.52. The van der Waals surface area contributed by atoms with Gasteiger partial charge in [0.25, 0.3) is 0 Å². The van der Waals surface area contributed by atoms with E-state index in [0.717, 1.165) is 23.4 Å². The lowest BCUT2D eigenvalue weighted by Crippen LogP contribution is -2.14. The van der Waals surface area contributed by atoms with E-state index in [1.807, 2.05) is 48.5 Å². The normalized spacial score (nSPS) is 9.83. The lowest BCUT2D eigenvalue weighted by atomic mass is 10.1. The van der Waals surface area contributed by atoms with Gasteiger partial charge in [0.15, 0.2) is 11.5 Å². The van der Waals surface area contributed by atoms with Gasteiger partial charge in [-0.25, -0.2) is 0 Å². The number of hydrogen-bond acceptors (Lipinski definition) is 3. The van der Waals surface area contributed by atoms with Crippen molar-refractivity contribution in [2.75, 3.05) is 13.7 Å². The molecule has 2 rings (SSSR count). The molecule has 0 saturated heterocycles. The van der Waals surface area contributed by atoms with E-state index in [4.69, 9.17) is 21.1 Å². The van der Waals surface area contributed by atoms with Crippen LogP contribution < -0.4 is 14.8 Å². The second-order valence-electron chi connectivity index (χ2n) is 4.75. The summed E-state index contributed by atoms with van der Waals surface area (Å²) in [5.41, 5.74) is 1.98. The number of rotatable bonds is 8. The minimum atomic E-state index is 0. The van der Waals surface area contributed by atoms with E-state index in [1.165, 1.54) is 0 Å². The first-order valence-corrected chi connectivity index (χ1v) is 7.47. The van der Waals surface area contributed by atoms with E-state index in [0.29, 0.717) is 23.9 Å². The minimum absolute atomic E-state index is 0. The number of ether oxygens (including phenoxy) is 2. The number of methoxy groups -OCH3 is 1. The largest absolute Gasteiger partial charge is 0.493 e. The van der Waals surface area contributed by atoms with Gasteiger partial charge >= 0.3 is 0 Å². The second kappa shape index (κ2) is 10.2. The van der Waals surface area contributed by atoms with Crippen LogP contribution in [0.4, 0.5) is 0 Å². The van der Waals surface area contributed by atoms with Crippen LogP contribution in [-0.2, 0) is 13.2 Å². The van der Waals surface area contributed by atoms with Gasteiger partial charge in [0, 0.05) is 29.2 Å². The Bertz CT molecular complexity index is 632. The Morgan fingerprint density at radius 3 is 2.57 bits per heavy atom. The van der Waals surface area contributed by atoms with E-state index in [1.54, 1.807) is 7.11 Å². The average Bonchev–Trinajstić information content (AvgIpc) is 2.55. The molecule has 0 heterocycles. The molecule has 0 radical (unpaired) electrons. The van der Waals surface area contributed by atoms with Crippen LogP contribution >= 0.6 is 24.0 Å². The molecule has 0 amide bonds. The van der Waals surface area contributed by atoms with Crippen molar-refractivity contribution in [2.24, 2.45) is 0 Å². The van der Waals surface area contributed by atoms with Gasteiger partial charge in [-0.3, -0.25) is 0 Å². The predicted octanol–water partition coefficient (Wildman–Crippen LogP) is 4.63. The molecule has 1 N–H and O–H groups in total. The van der Waals surface area contributed by atoms with E-state index in [-0.39, 0.29) is 12.4 Å². The van der Waals surface area contributed by atoms with Crippen LogP contribution in [0.15, 0.2) is 55.1 Å².